The number of amides is 2. The molecule has 3 aromatic rings. The summed E-state index contributed by atoms with van der Waals surface area (Å²) in [7, 11) is 1.50. The first-order valence-corrected chi connectivity index (χ1v) is 13.0. The Bertz CT molecular complexity index is 1390. The minimum atomic E-state index is -1.49. The number of carboxylic acid groups (broad SMARTS) is 1. The average molecular weight is 623 g/mol. The van der Waals surface area contributed by atoms with Crippen LogP contribution in [-0.4, -0.2) is 35.2 Å². The maximum atomic E-state index is 12.9. The number of rotatable bonds is 8. The molecule has 1 atom stereocenters. The highest BCUT2D eigenvalue weighted by molar-refractivity contribution is 8.00. The topological polar surface area (TPSA) is 105 Å². The van der Waals surface area contributed by atoms with E-state index in [9.17, 15) is 19.5 Å². The van der Waals surface area contributed by atoms with Crippen molar-refractivity contribution in [2.45, 2.75) is 17.1 Å². The number of methoxy groups -OCH3 is 1. The van der Waals surface area contributed by atoms with E-state index >= 15 is 0 Å². The molecule has 37 heavy (non-hydrogen) atoms. The van der Waals surface area contributed by atoms with Crippen molar-refractivity contribution < 1.29 is 24.2 Å². The summed E-state index contributed by atoms with van der Waals surface area (Å²) in [6.45, 7) is 1.74. The second-order valence-corrected chi connectivity index (χ2v) is 10.7. The lowest BCUT2D eigenvalue weighted by molar-refractivity contribution is -0.115. The van der Waals surface area contributed by atoms with Gasteiger partial charge in [0.15, 0.2) is 0 Å². The Morgan fingerprint density at radius 3 is 1.95 bits per heavy atom. The van der Waals surface area contributed by atoms with Crippen LogP contribution < -0.4 is 15.4 Å². The first-order chi connectivity index (χ1) is 17.4. The molecule has 3 N–H and O–H groups in total. The van der Waals surface area contributed by atoms with E-state index in [4.69, 9.17) is 62.7 Å². The average Bonchev–Trinajstić information content (AvgIpc) is 2.85. The number of ether oxygens (including phenoxy) is 1. The smallest absolute Gasteiger partial charge is 0.338 e. The number of hydrogen-bond acceptors (Lipinski definition) is 5. The van der Waals surface area contributed by atoms with E-state index in [0.717, 1.165) is 4.90 Å². The van der Waals surface area contributed by atoms with Gasteiger partial charge in [-0.2, -0.15) is 0 Å². The Morgan fingerprint density at radius 2 is 1.41 bits per heavy atom. The predicted octanol–water partition coefficient (Wildman–Crippen LogP) is 8.03. The summed E-state index contributed by atoms with van der Waals surface area (Å²) in [5, 5.41) is 13.6. The van der Waals surface area contributed by atoms with E-state index in [1.54, 1.807) is 49.4 Å². The van der Waals surface area contributed by atoms with E-state index in [1.807, 2.05) is 0 Å². The molecular formula is C24H17Cl5N2O5S. The van der Waals surface area contributed by atoms with Gasteiger partial charge >= 0.3 is 5.97 Å². The van der Waals surface area contributed by atoms with E-state index in [-0.39, 0.29) is 21.0 Å². The van der Waals surface area contributed by atoms with Crippen LogP contribution in [0.1, 0.15) is 27.6 Å². The molecule has 0 aliphatic rings. The van der Waals surface area contributed by atoms with Crippen molar-refractivity contribution in [3.05, 3.63) is 78.7 Å². The maximum Gasteiger partial charge on any atom is 0.338 e. The van der Waals surface area contributed by atoms with Crippen molar-refractivity contribution in [3.63, 3.8) is 0 Å². The molecule has 13 heteroatoms. The van der Waals surface area contributed by atoms with Gasteiger partial charge in [0.2, 0.25) is 5.91 Å². The van der Waals surface area contributed by atoms with Gasteiger partial charge in [0.1, 0.15) is 5.75 Å². The molecule has 0 aliphatic heterocycles. The van der Waals surface area contributed by atoms with Crippen molar-refractivity contribution >= 4 is 98.9 Å². The van der Waals surface area contributed by atoms with Gasteiger partial charge in [-0.1, -0.05) is 58.0 Å². The summed E-state index contributed by atoms with van der Waals surface area (Å²) in [5.74, 6) is -2.07. The Morgan fingerprint density at radius 1 is 0.838 bits per heavy atom. The largest absolute Gasteiger partial charge is 0.495 e. The summed E-state index contributed by atoms with van der Waals surface area (Å²) in [6, 6.07) is 11.5. The molecule has 3 rings (SSSR count). The quantitative estimate of drug-likeness (QED) is 0.133. The van der Waals surface area contributed by atoms with Crippen molar-refractivity contribution in [3.8, 4) is 5.75 Å². The molecule has 0 aliphatic carbocycles. The molecule has 0 fully saturated rings. The van der Waals surface area contributed by atoms with Crippen LogP contribution in [0.4, 0.5) is 11.4 Å². The third kappa shape index (κ3) is 6.76. The second kappa shape index (κ2) is 12.5. The zero-order valence-corrected chi connectivity index (χ0v) is 23.6. The number of carbonyl (C=O) groups excluding carboxylic acids is 2. The van der Waals surface area contributed by atoms with Gasteiger partial charge in [-0.15, -0.1) is 11.8 Å². The standard InChI is InChI=1S/C24H17Cl5N2O5S/c1-10(22(32)31-12-5-8-15(36-2)14(25)9-12)37-13-6-3-11(4-7-13)30-23(33)16-17(24(34)35)19(27)21(29)20(28)18(16)26/h3-10H,1-2H3,(H,30,33)(H,31,32)(H,34,35). The number of carbonyl (C=O) groups is 3. The molecule has 0 bridgehead atoms. The minimum absolute atomic E-state index is 0.237. The van der Waals surface area contributed by atoms with Crippen LogP contribution in [0.2, 0.25) is 25.1 Å². The minimum Gasteiger partial charge on any atom is -0.495 e. The lowest BCUT2D eigenvalue weighted by Gasteiger charge is -2.15. The summed E-state index contributed by atoms with van der Waals surface area (Å²) >= 11 is 31.5. The van der Waals surface area contributed by atoms with Gasteiger partial charge in [0.05, 0.1) is 48.6 Å². The molecule has 0 heterocycles. The highest BCUT2D eigenvalue weighted by Crippen LogP contribution is 2.42. The lowest BCUT2D eigenvalue weighted by atomic mass is 10.1. The Kier molecular flexibility index (Phi) is 9.86. The summed E-state index contributed by atoms with van der Waals surface area (Å²) in [6.07, 6.45) is 0. The molecular weight excluding hydrogens is 606 g/mol. The molecule has 1 unspecified atom stereocenters. The van der Waals surface area contributed by atoms with Crippen LogP contribution in [0.15, 0.2) is 47.4 Å². The number of nitrogens with one attached hydrogen (secondary N) is 2. The molecule has 0 spiro atoms. The lowest BCUT2D eigenvalue weighted by Crippen LogP contribution is -2.22. The molecule has 194 valence electrons. The fourth-order valence-corrected chi connectivity index (χ4v) is 5.25. The Hall–Kier alpha value is -2.33. The van der Waals surface area contributed by atoms with E-state index < -0.39 is 33.3 Å². The van der Waals surface area contributed by atoms with E-state index in [0.29, 0.717) is 22.1 Å². The van der Waals surface area contributed by atoms with Gasteiger partial charge in [0.25, 0.3) is 5.91 Å². The Labute approximate surface area is 241 Å². The van der Waals surface area contributed by atoms with Crippen LogP contribution in [0.5, 0.6) is 5.75 Å². The first kappa shape index (κ1) is 29.2. The molecule has 7 nitrogen and oxygen atoms in total. The number of hydrogen-bond donors (Lipinski definition) is 3. The van der Waals surface area contributed by atoms with Crippen LogP contribution in [0.25, 0.3) is 0 Å². The van der Waals surface area contributed by atoms with E-state index in [1.165, 1.54) is 18.9 Å². The van der Waals surface area contributed by atoms with Crippen LogP contribution in [0.3, 0.4) is 0 Å². The number of halogens is 5. The predicted molar refractivity (Wildman–Crippen MR) is 150 cm³/mol. The molecule has 0 radical (unpaired) electrons. The van der Waals surface area contributed by atoms with Gasteiger partial charge < -0.3 is 20.5 Å². The third-order valence-electron chi connectivity index (χ3n) is 4.92. The first-order valence-electron chi connectivity index (χ1n) is 10.3. The normalized spacial score (nSPS) is 11.5. The third-order valence-corrected chi connectivity index (χ3v) is 8.13. The van der Waals surface area contributed by atoms with Crippen molar-refractivity contribution in [1.29, 1.82) is 0 Å². The van der Waals surface area contributed by atoms with Crippen molar-refractivity contribution in [1.82, 2.24) is 0 Å². The van der Waals surface area contributed by atoms with Crippen LogP contribution in [-0.2, 0) is 4.79 Å². The highest BCUT2D eigenvalue weighted by Gasteiger charge is 2.29. The van der Waals surface area contributed by atoms with Gasteiger partial charge in [-0.05, 0) is 49.4 Å². The summed E-state index contributed by atoms with van der Waals surface area (Å²) < 4.78 is 5.10. The van der Waals surface area contributed by atoms with Crippen LogP contribution >= 0.6 is 69.8 Å². The second-order valence-electron chi connectivity index (χ2n) is 7.39. The monoisotopic (exact) mass is 620 g/mol. The highest BCUT2D eigenvalue weighted by atomic mass is 35.5. The fourth-order valence-electron chi connectivity index (χ4n) is 3.10. The Balaban J connectivity index is 1.70. The SMILES string of the molecule is COc1ccc(NC(=O)C(C)Sc2ccc(NC(=O)c3c(Cl)c(Cl)c(Cl)c(Cl)c3C(=O)O)cc2)cc1Cl. The molecule has 0 saturated carbocycles. The zero-order chi connectivity index (χ0) is 27.4. The van der Waals surface area contributed by atoms with Gasteiger partial charge in [-0.25, -0.2) is 4.79 Å². The van der Waals surface area contributed by atoms with Gasteiger partial charge in [0, 0.05) is 16.3 Å². The van der Waals surface area contributed by atoms with E-state index in [2.05, 4.69) is 10.6 Å². The maximum absolute atomic E-state index is 12.9. The number of thioether (sulfide) groups is 1. The van der Waals surface area contributed by atoms with Crippen LogP contribution in [0, 0.1) is 0 Å². The fraction of sp³-hybridized carbons (Fsp3) is 0.125. The zero-order valence-electron chi connectivity index (χ0n) is 19.0. The number of carboxylic acids is 1. The number of benzene rings is 3. The van der Waals surface area contributed by atoms with Crippen molar-refractivity contribution in [2.75, 3.05) is 17.7 Å². The molecule has 3 aromatic carbocycles. The summed E-state index contributed by atoms with van der Waals surface area (Å²) in [4.78, 5) is 37.9. The molecule has 0 aromatic heterocycles. The number of aromatic carboxylic acids is 1. The molecule has 0 saturated heterocycles. The molecule has 2 amide bonds. The van der Waals surface area contributed by atoms with Gasteiger partial charge in [-0.3, -0.25) is 9.59 Å². The number of anilines is 2. The summed E-state index contributed by atoms with van der Waals surface area (Å²) in [5.41, 5.74) is -0.114. The van der Waals surface area contributed by atoms with Crippen molar-refractivity contribution in [2.24, 2.45) is 0 Å².